The lowest BCUT2D eigenvalue weighted by Gasteiger charge is -2.29. The van der Waals surface area contributed by atoms with Crippen molar-refractivity contribution in [1.29, 1.82) is 0 Å². The number of benzene rings is 2. The van der Waals surface area contributed by atoms with E-state index in [1.165, 1.54) is 23.3 Å². The smallest absolute Gasteiger partial charge is 0.275 e. The number of hydrogen-bond acceptors (Lipinski definition) is 2. The van der Waals surface area contributed by atoms with Gasteiger partial charge in [0.15, 0.2) is 0 Å². The molecule has 5 rings (SSSR count). The first-order valence-electron chi connectivity index (χ1n) is 10.3. The van der Waals surface area contributed by atoms with Crippen LogP contribution in [0, 0.1) is 5.82 Å². The predicted octanol–water partition coefficient (Wildman–Crippen LogP) is 3.76. The molecule has 0 unspecified atom stereocenters. The normalized spacial score (nSPS) is 13.7. The summed E-state index contributed by atoms with van der Waals surface area (Å²) >= 11 is 0. The van der Waals surface area contributed by atoms with Crippen LogP contribution >= 0.6 is 0 Å². The Morgan fingerprint density at radius 2 is 1.80 bits per heavy atom. The van der Waals surface area contributed by atoms with Gasteiger partial charge < -0.3 is 13.9 Å². The minimum atomic E-state index is -0.384. The molecular formula is C24H22FN3O2. The van der Waals surface area contributed by atoms with Crippen molar-refractivity contribution >= 4 is 22.5 Å². The zero-order chi connectivity index (χ0) is 20.7. The van der Waals surface area contributed by atoms with E-state index in [0.717, 1.165) is 18.5 Å². The van der Waals surface area contributed by atoms with Crippen molar-refractivity contribution in [1.82, 2.24) is 13.9 Å². The fourth-order valence-corrected chi connectivity index (χ4v) is 4.41. The van der Waals surface area contributed by atoms with Gasteiger partial charge >= 0.3 is 0 Å². The van der Waals surface area contributed by atoms with Crippen LogP contribution in [-0.2, 0) is 24.3 Å². The highest BCUT2D eigenvalue weighted by molar-refractivity contribution is 5.79. The average molecular weight is 403 g/mol. The van der Waals surface area contributed by atoms with Gasteiger partial charge in [0.2, 0.25) is 5.91 Å². The number of halogens is 1. The number of amides is 1. The average Bonchev–Trinajstić information content (AvgIpc) is 3.26. The highest BCUT2D eigenvalue weighted by Crippen LogP contribution is 2.20. The lowest BCUT2D eigenvalue weighted by Crippen LogP contribution is -2.36. The molecule has 1 aliphatic heterocycles. The molecule has 0 spiro atoms. The molecule has 0 saturated carbocycles. The van der Waals surface area contributed by atoms with Crippen molar-refractivity contribution in [3.05, 3.63) is 88.1 Å². The van der Waals surface area contributed by atoms with Crippen molar-refractivity contribution in [3.63, 3.8) is 0 Å². The second-order valence-corrected chi connectivity index (χ2v) is 7.79. The molecule has 30 heavy (non-hydrogen) atoms. The van der Waals surface area contributed by atoms with Gasteiger partial charge in [0.25, 0.3) is 5.56 Å². The highest BCUT2D eigenvalue weighted by Gasteiger charge is 2.20. The van der Waals surface area contributed by atoms with E-state index >= 15 is 0 Å². The molecule has 2 aromatic carbocycles. The first kappa shape index (κ1) is 18.6. The van der Waals surface area contributed by atoms with Gasteiger partial charge in [-0.05, 0) is 54.3 Å². The Labute approximate surface area is 173 Å². The number of fused-ring (bicyclic) bond motifs is 4. The summed E-state index contributed by atoms with van der Waals surface area (Å²) in [6, 6.07) is 16.3. The zero-order valence-corrected chi connectivity index (χ0v) is 16.6. The second kappa shape index (κ2) is 7.44. The number of nitrogens with zero attached hydrogens (tertiary/aromatic N) is 3. The number of carbonyl (C=O) groups is 1. The van der Waals surface area contributed by atoms with E-state index in [0.29, 0.717) is 37.0 Å². The van der Waals surface area contributed by atoms with Crippen LogP contribution in [-0.4, -0.2) is 26.3 Å². The van der Waals surface area contributed by atoms with Gasteiger partial charge in [-0.2, -0.15) is 0 Å². The van der Waals surface area contributed by atoms with E-state index in [2.05, 4.69) is 12.1 Å². The summed E-state index contributed by atoms with van der Waals surface area (Å²) in [5.41, 5.74) is 4.21. The van der Waals surface area contributed by atoms with E-state index in [1.54, 1.807) is 27.3 Å². The van der Waals surface area contributed by atoms with Gasteiger partial charge in [-0.1, -0.05) is 24.3 Å². The van der Waals surface area contributed by atoms with Crippen molar-refractivity contribution < 1.29 is 9.18 Å². The maximum absolute atomic E-state index is 13.9. The van der Waals surface area contributed by atoms with E-state index in [1.807, 2.05) is 23.1 Å². The topological polar surface area (TPSA) is 46.7 Å². The van der Waals surface area contributed by atoms with Crippen LogP contribution in [0.4, 0.5) is 4.39 Å². The van der Waals surface area contributed by atoms with Gasteiger partial charge in [0.05, 0.1) is 11.0 Å². The maximum atomic E-state index is 13.9. The first-order valence-corrected chi connectivity index (χ1v) is 10.3. The molecule has 3 heterocycles. The Morgan fingerprint density at radius 1 is 0.967 bits per heavy atom. The summed E-state index contributed by atoms with van der Waals surface area (Å²) in [5, 5.41) is 0. The number of aromatic nitrogens is 2. The molecule has 4 aromatic rings. The summed E-state index contributed by atoms with van der Waals surface area (Å²) in [4.78, 5) is 27.6. The van der Waals surface area contributed by atoms with Crippen molar-refractivity contribution in [2.45, 2.75) is 32.4 Å². The van der Waals surface area contributed by atoms with E-state index in [-0.39, 0.29) is 17.3 Å². The summed E-state index contributed by atoms with van der Waals surface area (Å²) in [6.45, 7) is 1.73. The lowest BCUT2D eigenvalue weighted by atomic mass is 9.99. The molecule has 1 aliphatic rings. The quantitative estimate of drug-likeness (QED) is 0.521. The minimum Gasteiger partial charge on any atom is -0.338 e. The van der Waals surface area contributed by atoms with E-state index in [9.17, 15) is 14.0 Å². The van der Waals surface area contributed by atoms with Gasteiger partial charge in [-0.3, -0.25) is 9.59 Å². The van der Waals surface area contributed by atoms with Crippen LogP contribution in [0.2, 0.25) is 0 Å². The Hall–Kier alpha value is -3.41. The van der Waals surface area contributed by atoms with Crippen LogP contribution in [0.5, 0.6) is 0 Å². The molecular weight excluding hydrogens is 381 g/mol. The van der Waals surface area contributed by atoms with Crippen LogP contribution < -0.4 is 5.56 Å². The van der Waals surface area contributed by atoms with Gasteiger partial charge in [-0.15, -0.1) is 0 Å². The van der Waals surface area contributed by atoms with Crippen LogP contribution in [0.25, 0.3) is 16.6 Å². The second-order valence-electron chi connectivity index (χ2n) is 7.79. The van der Waals surface area contributed by atoms with Gasteiger partial charge in [-0.25, -0.2) is 4.39 Å². The molecule has 1 amide bonds. The standard InChI is InChI=1S/C24H22FN3O2/c25-19-9-10-20-22(15-19)28(24(30)21-7-3-12-27(20)21)13-4-8-23(29)26-14-11-17-5-1-2-6-18(17)16-26/h1-3,5-7,9-10,12,15H,4,8,11,13-14,16H2. The summed E-state index contributed by atoms with van der Waals surface area (Å²) in [6.07, 6.45) is 3.56. The van der Waals surface area contributed by atoms with Gasteiger partial charge in [0.1, 0.15) is 11.3 Å². The molecule has 0 fully saturated rings. The molecule has 0 atom stereocenters. The third-order valence-corrected chi connectivity index (χ3v) is 5.96. The van der Waals surface area contributed by atoms with Crippen molar-refractivity contribution in [2.24, 2.45) is 0 Å². The highest BCUT2D eigenvalue weighted by atomic mass is 19.1. The fraction of sp³-hybridized carbons (Fsp3) is 0.250. The number of carbonyl (C=O) groups excluding carboxylic acids is 1. The van der Waals surface area contributed by atoms with E-state index < -0.39 is 0 Å². The third kappa shape index (κ3) is 3.18. The molecule has 0 radical (unpaired) electrons. The van der Waals surface area contributed by atoms with Crippen molar-refractivity contribution in [2.75, 3.05) is 6.54 Å². The molecule has 0 aliphatic carbocycles. The molecule has 0 N–H and O–H groups in total. The minimum absolute atomic E-state index is 0.0943. The van der Waals surface area contributed by atoms with Crippen LogP contribution in [0.3, 0.4) is 0 Å². The molecule has 2 aromatic heterocycles. The Balaban J connectivity index is 1.35. The summed E-state index contributed by atoms with van der Waals surface area (Å²) < 4.78 is 17.3. The van der Waals surface area contributed by atoms with Gasteiger partial charge in [0, 0.05) is 32.3 Å². The Kier molecular flexibility index (Phi) is 4.62. The fourth-order valence-electron chi connectivity index (χ4n) is 4.41. The largest absolute Gasteiger partial charge is 0.338 e. The number of hydrogen-bond donors (Lipinski definition) is 0. The lowest BCUT2D eigenvalue weighted by molar-refractivity contribution is -0.132. The number of rotatable bonds is 4. The predicted molar refractivity (Wildman–Crippen MR) is 114 cm³/mol. The summed E-state index contributed by atoms with van der Waals surface area (Å²) in [7, 11) is 0. The SMILES string of the molecule is O=C(CCCn1c(=O)c2cccn2c2ccc(F)cc21)N1CCc2ccccc2C1. The molecule has 152 valence electrons. The maximum Gasteiger partial charge on any atom is 0.275 e. The Bertz CT molecular complexity index is 1320. The third-order valence-electron chi connectivity index (χ3n) is 5.96. The Morgan fingerprint density at radius 3 is 2.67 bits per heavy atom. The number of aryl methyl sites for hydroxylation is 1. The molecule has 5 nitrogen and oxygen atoms in total. The van der Waals surface area contributed by atoms with Crippen LogP contribution in [0.15, 0.2) is 65.6 Å². The first-order chi connectivity index (χ1) is 14.6. The zero-order valence-electron chi connectivity index (χ0n) is 16.6. The monoisotopic (exact) mass is 403 g/mol. The van der Waals surface area contributed by atoms with E-state index in [4.69, 9.17) is 0 Å². The molecule has 6 heteroatoms. The molecule has 0 saturated heterocycles. The van der Waals surface area contributed by atoms with Crippen molar-refractivity contribution in [3.8, 4) is 0 Å². The molecule has 0 bridgehead atoms. The summed E-state index contributed by atoms with van der Waals surface area (Å²) in [5.74, 6) is -0.290. The van der Waals surface area contributed by atoms with Crippen LogP contribution in [0.1, 0.15) is 24.0 Å².